The van der Waals surface area contributed by atoms with Gasteiger partial charge in [0.05, 0.1) is 0 Å². The molecule has 0 amide bonds. The summed E-state index contributed by atoms with van der Waals surface area (Å²) in [6.45, 7) is 2.60. The molecule has 1 aromatic carbocycles. The van der Waals surface area contributed by atoms with Crippen LogP contribution in [-0.2, 0) is 13.1 Å². The first-order valence-electron chi connectivity index (χ1n) is 7.52. The lowest BCUT2D eigenvalue weighted by Crippen LogP contribution is -2.37. The van der Waals surface area contributed by atoms with Crippen molar-refractivity contribution in [1.82, 2.24) is 9.55 Å². The highest BCUT2D eigenvalue weighted by atomic mass is 19.1. The number of anilines is 2. The van der Waals surface area contributed by atoms with Gasteiger partial charge >= 0.3 is 5.69 Å². The van der Waals surface area contributed by atoms with Crippen LogP contribution in [0.25, 0.3) is 0 Å². The molecule has 0 aliphatic heterocycles. The van der Waals surface area contributed by atoms with Gasteiger partial charge in [0.1, 0.15) is 17.3 Å². The van der Waals surface area contributed by atoms with Gasteiger partial charge in [-0.15, -0.1) is 0 Å². The van der Waals surface area contributed by atoms with E-state index in [2.05, 4.69) is 4.98 Å². The van der Waals surface area contributed by atoms with Crippen LogP contribution in [0, 0.1) is 5.82 Å². The molecule has 2 rings (SSSR count). The van der Waals surface area contributed by atoms with Crippen LogP contribution in [0.3, 0.4) is 0 Å². The number of hydrogen-bond donors (Lipinski definition) is 2. The van der Waals surface area contributed by atoms with E-state index >= 15 is 0 Å². The van der Waals surface area contributed by atoms with Gasteiger partial charge in [0.25, 0.3) is 5.56 Å². The highest BCUT2D eigenvalue weighted by Crippen LogP contribution is 2.19. The summed E-state index contributed by atoms with van der Waals surface area (Å²) in [6, 6.07) is 6.33. The van der Waals surface area contributed by atoms with Crippen molar-refractivity contribution in [3.05, 3.63) is 56.5 Å². The van der Waals surface area contributed by atoms with E-state index in [9.17, 15) is 14.0 Å². The van der Waals surface area contributed by atoms with Crippen LogP contribution in [0.5, 0.6) is 0 Å². The molecule has 0 aliphatic carbocycles. The van der Waals surface area contributed by atoms with Gasteiger partial charge in [0.15, 0.2) is 0 Å². The molecule has 124 valence electrons. The minimum absolute atomic E-state index is 0.103. The molecule has 2 aromatic rings. The minimum Gasteiger partial charge on any atom is -0.383 e. The third kappa shape index (κ3) is 3.61. The molecular weight excluding hydrogens is 299 g/mol. The topological polar surface area (TPSA) is 84.1 Å². The van der Waals surface area contributed by atoms with Gasteiger partial charge in [-0.05, 0) is 12.5 Å². The summed E-state index contributed by atoms with van der Waals surface area (Å²) in [6.07, 6.45) is 1.66. The smallest absolute Gasteiger partial charge is 0.330 e. The number of aromatic amines is 1. The van der Waals surface area contributed by atoms with E-state index in [0.717, 1.165) is 12.8 Å². The normalized spacial score (nSPS) is 10.7. The number of hydrogen-bond acceptors (Lipinski definition) is 4. The van der Waals surface area contributed by atoms with Crippen LogP contribution < -0.4 is 21.9 Å². The van der Waals surface area contributed by atoms with Crippen molar-refractivity contribution < 1.29 is 4.39 Å². The van der Waals surface area contributed by atoms with Crippen molar-refractivity contribution >= 4 is 11.5 Å². The first-order valence-corrected chi connectivity index (χ1v) is 7.52. The van der Waals surface area contributed by atoms with Crippen LogP contribution in [-0.4, -0.2) is 16.6 Å². The van der Waals surface area contributed by atoms with Crippen molar-refractivity contribution in [3.8, 4) is 0 Å². The van der Waals surface area contributed by atoms with Crippen molar-refractivity contribution in [2.24, 2.45) is 0 Å². The average molecular weight is 320 g/mol. The molecule has 0 bridgehead atoms. The third-order valence-electron chi connectivity index (χ3n) is 3.70. The van der Waals surface area contributed by atoms with E-state index in [1.54, 1.807) is 30.1 Å². The lowest BCUT2D eigenvalue weighted by molar-refractivity contribution is 0.599. The van der Waals surface area contributed by atoms with Crippen molar-refractivity contribution in [1.29, 1.82) is 0 Å². The second-order valence-corrected chi connectivity index (χ2v) is 5.45. The number of unbranched alkanes of at least 4 members (excludes halogenated alkanes) is 1. The Kier molecular flexibility index (Phi) is 5.20. The van der Waals surface area contributed by atoms with Gasteiger partial charge in [0.2, 0.25) is 0 Å². The summed E-state index contributed by atoms with van der Waals surface area (Å²) in [4.78, 5) is 27.8. The summed E-state index contributed by atoms with van der Waals surface area (Å²) >= 11 is 0. The van der Waals surface area contributed by atoms with Crippen LogP contribution in [0.1, 0.15) is 25.3 Å². The first-order chi connectivity index (χ1) is 11.0. The molecule has 6 nitrogen and oxygen atoms in total. The fraction of sp³-hybridized carbons (Fsp3) is 0.375. The summed E-state index contributed by atoms with van der Waals surface area (Å²) in [5, 5.41) is 0. The fourth-order valence-corrected chi connectivity index (χ4v) is 2.45. The van der Waals surface area contributed by atoms with Gasteiger partial charge < -0.3 is 10.6 Å². The molecule has 0 saturated heterocycles. The predicted octanol–water partition coefficient (Wildman–Crippen LogP) is 1.69. The Bertz CT molecular complexity index is 797. The molecule has 0 unspecified atom stereocenters. The molecule has 3 N–H and O–H groups in total. The van der Waals surface area contributed by atoms with Crippen LogP contribution in [0.4, 0.5) is 15.9 Å². The van der Waals surface area contributed by atoms with E-state index in [-0.39, 0.29) is 23.9 Å². The molecule has 0 radical (unpaired) electrons. The number of nitrogens with one attached hydrogen (secondary N) is 1. The highest BCUT2D eigenvalue weighted by molar-refractivity contribution is 5.62. The molecule has 1 heterocycles. The Morgan fingerprint density at radius 2 is 2.00 bits per heavy atom. The molecule has 23 heavy (non-hydrogen) atoms. The number of nitrogen functional groups attached to an aromatic ring is 1. The Morgan fingerprint density at radius 1 is 1.30 bits per heavy atom. The molecule has 7 heteroatoms. The van der Waals surface area contributed by atoms with E-state index in [4.69, 9.17) is 5.73 Å². The van der Waals surface area contributed by atoms with Crippen molar-refractivity contribution in [2.75, 3.05) is 17.7 Å². The van der Waals surface area contributed by atoms with Crippen LogP contribution in [0.2, 0.25) is 0 Å². The van der Waals surface area contributed by atoms with Crippen molar-refractivity contribution in [3.63, 3.8) is 0 Å². The Labute approximate surface area is 133 Å². The summed E-state index contributed by atoms with van der Waals surface area (Å²) in [5.41, 5.74) is 5.55. The van der Waals surface area contributed by atoms with E-state index < -0.39 is 11.2 Å². The largest absolute Gasteiger partial charge is 0.383 e. The van der Waals surface area contributed by atoms with E-state index in [1.165, 1.54) is 10.6 Å². The fourth-order valence-electron chi connectivity index (χ4n) is 2.45. The number of nitrogens with zero attached hydrogens (tertiary/aromatic N) is 2. The van der Waals surface area contributed by atoms with Crippen LogP contribution in [0.15, 0.2) is 33.9 Å². The zero-order chi connectivity index (χ0) is 17.0. The lowest BCUT2D eigenvalue weighted by Gasteiger charge is -2.22. The summed E-state index contributed by atoms with van der Waals surface area (Å²) < 4.78 is 15.1. The standard InChI is InChI=1S/C16H21FN4O2/c1-3-4-9-21-14(18)13(15(22)19-16(21)23)20(2)10-11-7-5-6-8-12(11)17/h5-8H,3-4,9-10,18H2,1-2H3,(H,19,22,23). The molecule has 0 fully saturated rings. The molecule has 1 aromatic heterocycles. The zero-order valence-electron chi connectivity index (χ0n) is 13.3. The molecule has 0 saturated carbocycles. The van der Waals surface area contributed by atoms with E-state index in [1.807, 2.05) is 6.92 Å². The number of benzene rings is 1. The monoisotopic (exact) mass is 320 g/mol. The van der Waals surface area contributed by atoms with Gasteiger partial charge in [0, 0.05) is 25.7 Å². The quantitative estimate of drug-likeness (QED) is 0.848. The first kappa shape index (κ1) is 16.8. The second kappa shape index (κ2) is 7.13. The number of aromatic nitrogens is 2. The van der Waals surface area contributed by atoms with Gasteiger partial charge in [-0.25, -0.2) is 9.18 Å². The molecule has 0 aliphatic rings. The maximum Gasteiger partial charge on any atom is 0.330 e. The van der Waals surface area contributed by atoms with Crippen LogP contribution >= 0.6 is 0 Å². The number of rotatable bonds is 6. The van der Waals surface area contributed by atoms with Gasteiger partial charge in [-0.2, -0.15) is 0 Å². The molecule has 0 spiro atoms. The maximum absolute atomic E-state index is 13.8. The second-order valence-electron chi connectivity index (χ2n) is 5.45. The predicted molar refractivity (Wildman–Crippen MR) is 89.2 cm³/mol. The maximum atomic E-state index is 13.8. The average Bonchev–Trinajstić information content (AvgIpc) is 2.49. The lowest BCUT2D eigenvalue weighted by atomic mass is 10.2. The van der Waals surface area contributed by atoms with Gasteiger partial charge in [-0.3, -0.25) is 14.3 Å². The minimum atomic E-state index is -0.570. The zero-order valence-corrected chi connectivity index (χ0v) is 13.3. The van der Waals surface area contributed by atoms with E-state index in [0.29, 0.717) is 12.1 Å². The Balaban J connectivity index is 2.40. The summed E-state index contributed by atoms with van der Waals surface area (Å²) in [5.74, 6) is -0.250. The number of nitrogens with two attached hydrogens (primary N) is 1. The molecule has 0 atom stereocenters. The number of H-pyrrole nitrogens is 1. The summed E-state index contributed by atoms with van der Waals surface area (Å²) in [7, 11) is 1.64. The molecular formula is C16H21FN4O2. The highest BCUT2D eigenvalue weighted by Gasteiger charge is 2.17. The third-order valence-corrected chi connectivity index (χ3v) is 3.70. The van der Waals surface area contributed by atoms with Crippen molar-refractivity contribution in [2.45, 2.75) is 32.9 Å². The Hall–Kier alpha value is -2.57. The van der Waals surface area contributed by atoms with Gasteiger partial charge in [-0.1, -0.05) is 31.5 Å². The SMILES string of the molecule is CCCCn1c(N)c(N(C)Cc2ccccc2F)c(=O)[nH]c1=O. The Morgan fingerprint density at radius 3 is 2.65 bits per heavy atom. The number of halogens is 1.